The molecule has 5 nitrogen and oxygen atoms in total. The molecule has 3 aromatic heterocycles. The van der Waals surface area contributed by atoms with Crippen molar-refractivity contribution >= 4 is 5.65 Å². The van der Waals surface area contributed by atoms with Crippen molar-refractivity contribution in [1.82, 2.24) is 24.1 Å². The largest absolute Gasteiger partial charge is 0.288 e. The third-order valence-electron chi connectivity index (χ3n) is 4.01. The van der Waals surface area contributed by atoms with E-state index in [1.807, 2.05) is 60.3 Å². The van der Waals surface area contributed by atoms with Gasteiger partial charge in [-0.25, -0.2) is 9.97 Å². The van der Waals surface area contributed by atoms with Gasteiger partial charge in [-0.2, -0.15) is 9.61 Å². The lowest BCUT2D eigenvalue weighted by Gasteiger charge is -2.09. The molecule has 0 fully saturated rings. The molecule has 0 saturated heterocycles. The van der Waals surface area contributed by atoms with Gasteiger partial charge in [0.15, 0.2) is 5.65 Å². The molecule has 0 aliphatic carbocycles. The minimum absolute atomic E-state index is 0.872. The van der Waals surface area contributed by atoms with Gasteiger partial charge in [0.05, 0.1) is 5.69 Å². The first kappa shape index (κ1) is 13.7. The quantitative estimate of drug-likeness (QED) is 0.569. The predicted octanol–water partition coefficient (Wildman–Crippen LogP) is 3.51. The van der Waals surface area contributed by atoms with E-state index in [1.165, 1.54) is 0 Å². The molecule has 1 aromatic carbocycles. The van der Waals surface area contributed by atoms with Crippen molar-refractivity contribution in [2.24, 2.45) is 0 Å². The number of hydrogen-bond acceptors (Lipinski definition) is 3. The molecule has 0 atom stereocenters. The maximum absolute atomic E-state index is 4.74. The van der Waals surface area contributed by atoms with Gasteiger partial charge in [-0.3, -0.25) is 4.57 Å². The molecule has 3 heterocycles. The van der Waals surface area contributed by atoms with E-state index in [1.54, 1.807) is 6.20 Å². The maximum atomic E-state index is 4.74. The second-order valence-corrected chi connectivity index (χ2v) is 5.66. The number of aromatic nitrogens is 5. The Morgan fingerprint density at radius 3 is 2.48 bits per heavy atom. The molecular formula is C18H17N5. The van der Waals surface area contributed by atoms with Gasteiger partial charge in [-0.15, -0.1) is 0 Å². The van der Waals surface area contributed by atoms with Crippen LogP contribution in [-0.2, 0) is 0 Å². The van der Waals surface area contributed by atoms with Crippen LogP contribution in [0.2, 0.25) is 0 Å². The summed E-state index contributed by atoms with van der Waals surface area (Å²) in [6.45, 7) is 6.01. The minimum Gasteiger partial charge on any atom is -0.288 e. The molecule has 0 spiro atoms. The zero-order valence-corrected chi connectivity index (χ0v) is 13.4. The highest BCUT2D eigenvalue weighted by atomic mass is 15.3. The summed E-state index contributed by atoms with van der Waals surface area (Å²) < 4.78 is 3.93. The molecule has 4 rings (SSSR count). The summed E-state index contributed by atoms with van der Waals surface area (Å²) >= 11 is 0. The van der Waals surface area contributed by atoms with Crippen LogP contribution in [0.4, 0.5) is 0 Å². The van der Waals surface area contributed by atoms with Crippen LogP contribution in [0.25, 0.3) is 22.6 Å². The van der Waals surface area contributed by atoms with Crippen molar-refractivity contribution in [3.8, 4) is 16.9 Å². The first-order valence-corrected chi connectivity index (χ1v) is 7.58. The van der Waals surface area contributed by atoms with E-state index in [0.717, 1.165) is 39.8 Å². The molecule has 114 valence electrons. The Balaban J connectivity index is 2.07. The molecular weight excluding hydrogens is 286 g/mol. The Morgan fingerprint density at radius 1 is 1.00 bits per heavy atom. The molecule has 0 N–H and O–H groups in total. The summed E-state index contributed by atoms with van der Waals surface area (Å²) in [7, 11) is 0. The Bertz CT molecular complexity index is 995. The summed E-state index contributed by atoms with van der Waals surface area (Å²) in [5.74, 6) is 1.87. The second-order valence-electron chi connectivity index (χ2n) is 5.66. The number of benzene rings is 1. The van der Waals surface area contributed by atoms with Gasteiger partial charge in [-0.05, 0) is 26.3 Å². The van der Waals surface area contributed by atoms with Crippen LogP contribution >= 0.6 is 0 Å². The van der Waals surface area contributed by atoms with Crippen molar-refractivity contribution in [2.75, 3.05) is 0 Å². The van der Waals surface area contributed by atoms with Crippen molar-refractivity contribution in [3.05, 3.63) is 66.0 Å². The zero-order chi connectivity index (χ0) is 16.0. The Hall–Kier alpha value is -2.95. The van der Waals surface area contributed by atoms with Gasteiger partial charge in [0.25, 0.3) is 0 Å². The molecule has 0 saturated carbocycles. The summed E-state index contributed by atoms with van der Waals surface area (Å²) in [5, 5.41) is 4.73. The number of hydrogen-bond donors (Lipinski definition) is 0. The van der Waals surface area contributed by atoms with Crippen LogP contribution < -0.4 is 0 Å². The molecule has 0 radical (unpaired) electrons. The van der Waals surface area contributed by atoms with E-state index in [-0.39, 0.29) is 0 Å². The standard InChI is InChI=1S/C18H17N5/c1-12-11-16(22-10-9-19-14(22)3)23-18(20-12)17(13(2)21-23)15-7-5-4-6-8-15/h4-11H,1-3H3. The highest BCUT2D eigenvalue weighted by Gasteiger charge is 2.17. The lowest BCUT2D eigenvalue weighted by molar-refractivity contribution is 0.819. The summed E-state index contributed by atoms with van der Waals surface area (Å²) in [6.07, 6.45) is 3.74. The Kier molecular flexibility index (Phi) is 3.01. The van der Waals surface area contributed by atoms with Gasteiger partial charge < -0.3 is 0 Å². The molecule has 0 bridgehead atoms. The van der Waals surface area contributed by atoms with Crippen LogP contribution in [-0.4, -0.2) is 24.1 Å². The average molecular weight is 303 g/mol. The maximum Gasteiger partial charge on any atom is 0.165 e. The highest BCUT2D eigenvalue weighted by molar-refractivity contribution is 5.80. The summed E-state index contributed by atoms with van der Waals surface area (Å²) in [4.78, 5) is 9.06. The van der Waals surface area contributed by atoms with E-state index in [2.05, 4.69) is 17.1 Å². The van der Waals surface area contributed by atoms with Gasteiger partial charge >= 0.3 is 0 Å². The average Bonchev–Trinajstić information content (AvgIpc) is 3.10. The molecule has 23 heavy (non-hydrogen) atoms. The third kappa shape index (κ3) is 2.12. The molecule has 4 aromatic rings. The molecule has 0 amide bonds. The van der Waals surface area contributed by atoms with Crippen LogP contribution in [0.15, 0.2) is 48.8 Å². The normalized spacial score (nSPS) is 11.3. The second kappa shape index (κ2) is 5.05. The number of fused-ring (bicyclic) bond motifs is 1. The lowest BCUT2D eigenvalue weighted by Crippen LogP contribution is -2.06. The highest BCUT2D eigenvalue weighted by Crippen LogP contribution is 2.28. The Labute approximate surface area is 134 Å². The molecule has 0 unspecified atom stereocenters. The van der Waals surface area contributed by atoms with E-state index < -0.39 is 0 Å². The van der Waals surface area contributed by atoms with Crippen molar-refractivity contribution in [1.29, 1.82) is 0 Å². The molecule has 0 aliphatic rings. The van der Waals surface area contributed by atoms with E-state index in [4.69, 9.17) is 10.1 Å². The minimum atomic E-state index is 0.872. The zero-order valence-electron chi connectivity index (χ0n) is 13.4. The predicted molar refractivity (Wildman–Crippen MR) is 89.8 cm³/mol. The third-order valence-corrected chi connectivity index (χ3v) is 4.01. The Morgan fingerprint density at radius 2 is 1.78 bits per heavy atom. The fourth-order valence-electron chi connectivity index (χ4n) is 2.96. The number of nitrogens with zero attached hydrogens (tertiary/aromatic N) is 5. The smallest absolute Gasteiger partial charge is 0.165 e. The van der Waals surface area contributed by atoms with Crippen LogP contribution in [0.5, 0.6) is 0 Å². The molecule has 5 heteroatoms. The lowest BCUT2D eigenvalue weighted by atomic mass is 10.1. The first-order chi connectivity index (χ1) is 11.1. The summed E-state index contributed by atoms with van der Waals surface area (Å²) in [6, 6.07) is 12.3. The monoisotopic (exact) mass is 303 g/mol. The van der Waals surface area contributed by atoms with Crippen molar-refractivity contribution in [2.45, 2.75) is 20.8 Å². The van der Waals surface area contributed by atoms with Crippen molar-refractivity contribution in [3.63, 3.8) is 0 Å². The number of aryl methyl sites for hydroxylation is 3. The van der Waals surface area contributed by atoms with Crippen LogP contribution in [0.1, 0.15) is 17.2 Å². The summed E-state index contributed by atoms with van der Waals surface area (Å²) in [5.41, 5.74) is 5.00. The number of imidazole rings is 1. The fourth-order valence-corrected chi connectivity index (χ4v) is 2.96. The van der Waals surface area contributed by atoms with Crippen molar-refractivity contribution < 1.29 is 0 Å². The topological polar surface area (TPSA) is 48.0 Å². The fraction of sp³-hybridized carbons (Fsp3) is 0.167. The van der Waals surface area contributed by atoms with E-state index >= 15 is 0 Å². The van der Waals surface area contributed by atoms with E-state index in [9.17, 15) is 0 Å². The SMILES string of the molecule is Cc1cc(-n2ccnc2C)n2nc(C)c(-c3ccccc3)c2n1. The van der Waals surface area contributed by atoms with Gasteiger partial charge in [0, 0.05) is 29.7 Å². The van der Waals surface area contributed by atoms with Gasteiger partial charge in [-0.1, -0.05) is 30.3 Å². The molecule has 0 aliphatic heterocycles. The van der Waals surface area contributed by atoms with Crippen LogP contribution in [0, 0.1) is 20.8 Å². The van der Waals surface area contributed by atoms with Crippen LogP contribution in [0.3, 0.4) is 0 Å². The van der Waals surface area contributed by atoms with E-state index in [0.29, 0.717) is 0 Å². The number of rotatable bonds is 2. The van der Waals surface area contributed by atoms with Gasteiger partial charge in [0.1, 0.15) is 11.6 Å². The first-order valence-electron chi connectivity index (χ1n) is 7.58. The van der Waals surface area contributed by atoms with Gasteiger partial charge in [0.2, 0.25) is 0 Å².